The van der Waals surface area contributed by atoms with Crippen LogP contribution in [0, 0.1) is 0 Å². The first-order valence-electron chi connectivity index (χ1n) is 18.9. The Bertz CT molecular complexity index is 3150. The van der Waals surface area contributed by atoms with Gasteiger partial charge >= 0.3 is 0 Å². The minimum atomic E-state index is 0.576. The molecule has 8 aromatic carbocycles. The molecule has 5 heteroatoms. The van der Waals surface area contributed by atoms with E-state index in [1.807, 2.05) is 60.7 Å². The van der Waals surface area contributed by atoms with Crippen molar-refractivity contribution in [2.45, 2.75) is 0 Å². The second kappa shape index (κ2) is 13.0. The zero-order chi connectivity index (χ0) is 37.0. The van der Waals surface area contributed by atoms with E-state index in [4.69, 9.17) is 15.0 Å². The minimum absolute atomic E-state index is 0.576. The number of nitrogens with zero attached hydrogens (tertiary/aromatic N) is 5. The second-order valence-electron chi connectivity index (χ2n) is 14.1. The average molecular weight is 716 g/mol. The van der Waals surface area contributed by atoms with Gasteiger partial charge in [-0.15, -0.1) is 0 Å². The lowest BCUT2D eigenvalue weighted by Crippen LogP contribution is -2.06. The molecule has 5 nitrogen and oxygen atoms in total. The van der Waals surface area contributed by atoms with Gasteiger partial charge in [0.1, 0.15) is 0 Å². The van der Waals surface area contributed by atoms with E-state index < -0.39 is 0 Å². The topological polar surface area (TPSA) is 48.5 Å². The standard InChI is InChI=1S/C51H33N5/c1-5-15-34(16-6-1)35-25-27-36(28-26-35)39-29-31-45-43(33-39)41-30-32-46-47(48(41)55(45)40-21-11-4-12-22-40)42-23-13-14-24-44(42)56(46)51-53-49(37-17-7-2-8-18-37)52-50(54-51)38-19-9-3-10-20-38/h1-33H. The fourth-order valence-electron chi connectivity index (χ4n) is 8.18. The molecule has 0 saturated carbocycles. The number of benzene rings is 8. The molecule has 3 heterocycles. The molecular weight excluding hydrogens is 683 g/mol. The lowest BCUT2D eigenvalue weighted by Gasteiger charge is -2.11. The van der Waals surface area contributed by atoms with Gasteiger partial charge in [-0.3, -0.25) is 4.57 Å². The van der Waals surface area contributed by atoms with E-state index in [2.05, 4.69) is 149 Å². The van der Waals surface area contributed by atoms with Crippen molar-refractivity contribution < 1.29 is 0 Å². The van der Waals surface area contributed by atoms with E-state index >= 15 is 0 Å². The van der Waals surface area contributed by atoms with Gasteiger partial charge in [-0.25, -0.2) is 4.98 Å². The molecule has 11 rings (SSSR count). The lowest BCUT2D eigenvalue weighted by molar-refractivity contribution is 0.953. The summed E-state index contributed by atoms with van der Waals surface area (Å²) in [7, 11) is 0. The molecule has 0 spiro atoms. The Hall–Kier alpha value is -7.63. The van der Waals surface area contributed by atoms with Crippen LogP contribution in [0.2, 0.25) is 0 Å². The number of hydrogen-bond acceptors (Lipinski definition) is 3. The van der Waals surface area contributed by atoms with Gasteiger partial charge in [0, 0.05) is 38.4 Å². The van der Waals surface area contributed by atoms with Crippen LogP contribution in [0.15, 0.2) is 200 Å². The van der Waals surface area contributed by atoms with Crippen molar-refractivity contribution in [3.8, 4) is 56.7 Å². The van der Waals surface area contributed by atoms with Gasteiger partial charge < -0.3 is 4.57 Å². The van der Waals surface area contributed by atoms with Crippen molar-refractivity contribution in [3.63, 3.8) is 0 Å². The fraction of sp³-hybridized carbons (Fsp3) is 0. The average Bonchev–Trinajstić information content (AvgIpc) is 3.80. The summed E-state index contributed by atoms with van der Waals surface area (Å²) in [5.74, 6) is 1.83. The van der Waals surface area contributed by atoms with Gasteiger partial charge in [0.15, 0.2) is 11.6 Å². The molecule has 0 N–H and O–H groups in total. The van der Waals surface area contributed by atoms with Crippen molar-refractivity contribution >= 4 is 43.6 Å². The van der Waals surface area contributed by atoms with Crippen molar-refractivity contribution in [1.82, 2.24) is 24.1 Å². The van der Waals surface area contributed by atoms with E-state index in [9.17, 15) is 0 Å². The molecule has 0 aliphatic heterocycles. The summed E-state index contributed by atoms with van der Waals surface area (Å²) < 4.78 is 4.63. The molecule has 0 amide bonds. The van der Waals surface area contributed by atoms with Gasteiger partial charge in [0.05, 0.1) is 22.1 Å². The first-order valence-corrected chi connectivity index (χ1v) is 18.9. The zero-order valence-electron chi connectivity index (χ0n) is 30.3. The van der Waals surface area contributed by atoms with Crippen LogP contribution in [-0.2, 0) is 0 Å². The molecule has 56 heavy (non-hydrogen) atoms. The Morgan fingerprint density at radius 2 is 0.786 bits per heavy atom. The Balaban J connectivity index is 1.18. The van der Waals surface area contributed by atoms with Crippen LogP contribution in [0.4, 0.5) is 0 Å². The van der Waals surface area contributed by atoms with Gasteiger partial charge in [-0.05, 0) is 58.7 Å². The summed E-state index contributed by atoms with van der Waals surface area (Å²) >= 11 is 0. The Morgan fingerprint density at radius 1 is 0.304 bits per heavy atom. The number of para-hydroxylation sites is 2. The lowest BCUT2D eigenvalue weighted by atomic mass is 9.99. The molecule has 3 aromatic heterocycles. The van der Waals surface area contributed by atoms with E-state index in [1.165, 1.54) is 33.0 Å². The van der Waals surface area contributed by atoms with Crippen molar-refractivity contribution in [2.75, 3.05) is 0 Å². The van der Waals surface area contributed by atoms with Gasteiger partial charge in [-0.2, -0.15) is 9.97 Å². The Morgan fingerprint density at radius 3 is 1.43 bits per heavy atom. The molecule has 0 unspecified atom stereocenters. The van der Waals surface area contributed by atoms with Crippen LogP contribution in [0.25, 0.3) is 100 Å². The van der Waals surface area contributed by atoms with Gasteiger partial charge in [0.2, 0.25) is 5.95 Å². The second-order valence-corrected chi connectivity index (χ2v) is 14.1. The third-order valence-electron chi connectivity index (χ3n) is 10.8. The molecule has 0 radical (unpaired) electrons. The van der Waals surface area contributed by atoms with Crippen LogP contribution < -0.4 is 0 Å². The molecule has 262 valence electrons. The van der Waals surface area contributed by atoms with Crippen LogP contribution >= 0.6 is 0 Å². The van der Waals surface area contributed by atoms with Crippen molar-refractivity contribution in [2.24, 2.45) is 0 Å². The quantitative estimate of drug-likeness (QED) is 0.172. The zero-order valence-corrected chi connectivity index (χ0v) is 30.3. The number of fused-ring (bicyclic) bond motifs is 7. The normalized spacial score (nSPS) is 11.6. The van der Waals surface area contributed by atoms with E-state index in [0.29, 0.717) is 17.6 Å². The van der Waals surface area contributed by atoms with Crippen molar-refractivity contribution in [3.05, 3.63) is 200 Å². The summed E-state index contributed by atoms with van der Waals surface area (Å²) in [6.07, 6.45) is 0. The number of aromatic nitrogens is 5. The van der Waals surface area contributed by atoms with E-state index in [0.717, 1.165) is 49.7 Å². The number of rotatable bonds is 6. The molecule has 11 aromatic rings. The maximum Gasteiger partial charge on any atom is 0.238 e. The highest BCUT2D eigenvalue weighted by atomic mass is 15.2. The third kappa shape index (κ3) is 5.21. The predicted octanol–water partition coefficient (Wildman–Crippen LogP) is 12.7. The molecule has 0 aliphatic rings. The Labute approximate surface area is 323 Å². The number of hydrogen-bond donors (Lipinski definition) is 0. The summed E-state index contributed by atoms with van der Waals surface area (Å²) in [6, 6.07) is 70.4. The minimum Gasteiger partial charge on any atom is -0.309 e. The molecule has 0 aliphatic carbocycles. The molecular formula is C51H33N5. The molecule has 0 saturated heterocycles. The van der Waals surface area contributed by atoms with Gasteiger partial charge in [0.25, 0.3) is 0 Å². The monoisotopic (exact) mass is 715 g/mol. The maximum atomic E-state index is 5.18. The highest BCUT2D eigenvalue weighted by Crippen LogP contribution is 2.43. The van der Waals surface area contributed by atoms with Crippen LogP contribution in [0.3, 0.4) is 0 Å². The predicted molar refractivity (Wildman–Crippen MR) is 230 cm³/mol. The van der Waals surface area contributed by atoms with Crippen LogP contribution in [-0.4, -0.2) is 24.1 Å². The summed E-state index contributed by atoms with van der Waals surface area (Å²) in [6.45, 7) is 0. The maximum absolute atomic E-state index is 5.18. The van der Waals surface area contributed by atoms with E-state index in [1.54, 1.807) is 0 Å². The fourth-order valence-corrected chi connectivity index (χ4v) is 8.18. The highest BCUT2D eigenvalue weighted by molar-refractivity contribution is 6.26. The van der Waals surface area contributed by atoms with Crippen molar-refractivity contribution in [1.29, 1.82) is 0 Å². The SMILES string of the molecule is c1ccc(-c2ccc(-c3ccc4c(c3)c3ccc5c(c6ccccc6n5-c5nc(-c6ccccc6)nc(-c6ccccc6)n5)c3n4-c3ccccc3)cc2)cc1. The summed E-state index contributed by atoms with van der Waals surface area (Å²) in [5.41, 5.74) is 12.1. The summed E-state index contributed by atoms with van der Waals surface area (Å²) in [4.78, 5) is 15.3. The van der Waals surface area contributed by atoms with Gasteiger partial charge in [-0.1, -0.05) is 164 Å². The van der Waals surface area contributed by atoms with E-state index in [-0.39, 0.29) is 0 Å². The molecule has 0 fully saturated rings. The molecule has 0 bridgehead atoms. The first kappa shape index (κ1) is 31.9. The van der Waals surface area contributed by atoms with Crippen LogP contribution in [0.5, 0.6) is 0 Å². The third-order valence-corrected chi connectivity index (χ3v) is 10.8. The largest absolute Gasteiger partial charge is 0.309 e. The smallest absolute Gasteiger partial charge is 0.238 e. The first-order chi connectivity index (χ1) is 27.8. The Kier molecular flexibility index (Phi) is 7.42. The van der Waals surface area contributed by atoms with Crippen LogP contribution in [0.1, 0.15) is 0 Å². The highest BCUT2D eigenvalue weighted by Gasteiger charge is 2.23. The summed E-state index contributed by atoms with van der Waals surface area (Å²) in [5, 5.41) is 4.67. The molecule has 0 atom stereocenters.